The minimum absolute atomic E-state index is 0.0138. The highest BCUT2D eigenvalue weighted by Crippen LogP contribution is 2.28. The summed E-state index contributed by atoms with van der Waals surface area (Å²) < 4.78 is 23.0. The maximum atomic E-state index is 11.5. The van der Waals surface area contributed by atoms with E-state index in [1.54, 1.807) is 6.92 Å². The Kier molecular flexibility index (Phi) is 3.34. The molecule has 0 aliphatic heterocycles. The van der Waals surface area contributed by atoms with Gasteiger partial charge in [0.25, 0.3) is 0 Å². The Balaban J connectivity index is 2.11. The fourth-order valence-electron chi connectivity index (χ4n) is 1.58. The van der Waals surface area contributed by atoms with Gasteiger partial charge in [0.1, 0.15) is 5.82 Å². The second kappa shape index (κ2) is 4.64. The van der Waals surface area contributed by atoms with E-state index in [-0.39, 0.29) is 23.4 Å². The summed E-state index contributed by atoms with van der Waals surface area (Å²) in [6.45, 7) is 1.81. The summed E-state index contributed by atoms with van der Waals surface area (Å²) in [6, 6.07) is 0. The molecule has 98 valence electrons. The molecule has 1 aromatic heterocycles. The molecule has 1 saturated carbocycles. The first-order chi connectivity index (χ1) is 8.38. The zero-order chi connectivity index (χ0) is 13.3. The van der Waals surface area contributed by atoms with Gasteiger partial charge >= 0.3 is 0 Å². The highest BCUT2D eigenvalue weighted by atomic mass is 32.2. The number of aryl methyl sites for hydroxylation is 1. The van der Waals surface area contributed by atoms with E-state index in [0.717, 1.165) is 19.1 Å². The molecule has 1 heterocycles. The number of hydrogen-bond acceptors (Lipinski definition) is 5. The Morgan fingerprint density at radius 1 is 1.50 bits per heavy atom. The number of carbonyl (C=O) groups excluding carboxylic acids is 1. The van der Waals surface area contributed by atoms with Gasteiger partial charge in [0.05, 0.1) is 6.54 Å². The Hall–Kier alpha value is -1.50. The van der Waals surface area contributed by atoms with Crippen LogP contribution in [0, 0.1) is 12.8 Å². The second-order valence-corrected chi connectivity index (χ2v) is 6.47. The first-order valence-corrected chi connectivity index (χ1v) is 7.57. The van der Waals surface area contributed by atoms with E-state index in [2.05, 4.69) is 15.3 Å². The quantitative estimate of drug-likeness (QED) is 0.789. The van der Waals surface area contributed by atoms with E-state index in [1.807, 2.05) is 0 Å². The summed E-state index contributed by atoms with van der Waals surface area (Å²) in [5, 5.41) is 2.72. The van der Waals surface area contributed by atoms with Crippen LogP contribution in [0.1, 0.15) is 24.2 Å². The van der Waals surface area contributed by atoms with Crippen molar-refractivity contribution in [3.63, 3.8) is 0 Å². The molecule has 0 saturated heterocycles. The molecule has 0 atom stereocenters. The molecule has 6 nitrogen and oxygen atoms in total. The van der Waals surface area contributed by atoms with E-state index in [9.17, 15) is 13.2 Å². The molecule has 0 aromatic carbocycles. The number of aromatic nitrogens is 2. The zero-order valence-electron chi connectivity index (χ0n) is 10.3. The fourth-order valence-corrected chi connectivity index (χ4v) is 2.49. The summed E-state index contributed by atoms with van der Waals surface area (Å²) in [7, 11) is -3.36. The third-order valence-corrected chi connectivity index (χ3v) is 3.81. The standard InChI is InChI=1S/C11H15N3O3S/c1-7-5-12-9(14-11(7)18(2,16)17)6-13-10(15)8-3-4-8/h5,8H,3-4,6H2,1-2H3,(H,13,15). The van der Waals surface area contributed by atoms with Gasteiger partial charge in [-0.25, -0.2) is 18.4 Å². The first kappa shape index (κ1) is 12.9. The van der Waals surface area contributed by atoms with Crippen molar-refractivity contribution in [3.05, 3.63) is 17.6 Å². The number of sulfone groups is 1. The van der Waals surface area contributed by atoms with Crippen LogP contribution in [0.3, 0.4) is 0 Å². The highest BCUT2D eigenvalue weighted by molar-refractivity contribution is 7.90. The number of nitrogens with one attached hydrogen (secondary N) is 1. The van der Waals surface area contributed by atoms with Crippen LogP contribution in [0.4, 0.5) is 0 Å². The van der Waals surface area contributed by atoms with E-state index in [1.165, 1.54) is 6.20 Å². The van der Waals surface area contributed by atoms with E-state index in [4.69, 9.17) is 0 Å². The number of carbonyl (C=O) groups is 1. The summed E-state index contributed by atoms with van der Waals surface area (Å²) >= 11 is 0. The first-order valence-electron chi connectivity index (χ1n) is 5.68. The van der Waals surface area contributed by atoms with Crippen LogP contribution in [-0.4, -0.2) is 30.5 Å². The highest BCUT2D eigenvalue weighted by Gasteiger charge is 2.29. The van der Waals surface area contributed by atoms with Crippen LogP contribution in [0.25, 0.3) is 0 Å². The van der Waals surface area contributed by atoms with Crippen LogP contribution in [0.15, 0.2) is 11.2 Å². The molecule has 1 aliphatic rings. The van der Waals surface area contributed by atoms with E-state index >= 15 is 0 Å². The fraction of sp³-hybridized carbons (Fsp3) is 0.545. The van der Waals surface area contributed by atoms with Crippen molar-refractivity contribution in [2.45, 2.75) is 31.3 Å². The van der Waals surface area contributed by atoms with Crippen molar-refractivity contribution in [1.29, 1.82) is 0 Å². The number of amides is 1. The lowest BCUT2D eigenvalue weighted by atomic mass is 10.3. The third-order valence-electron chi connectivity index (χ3n) is 2.70. The van der Waals surface area contributed by atoms with E-state index in [0.29, 0.717) is 11.4 Å². The van der Waals surface area contributed by atoms with Gasteiger partial charge in [0, 0.05) is 23.9 Å². The monoisotopic (exact) mass is 269 g/mol. The topological polar surface area (TPSA) is 89.0 Å². The van der Waals surface area contributed by atoms with Crippen molar-refractivity contribution >= 4 is 15.7 Å². The summed E-state index contributed by atoms with van der Waals surface area (Å²) in [6.07, 6.45) is 4.42. The molecule has 18 heavy (non-hydrogen) atoms. The molecule has 1 aliphatic carbocycles. The number of nitrogens with zero attached hydrogens (tertiary/aromatic N) is 2. The van der Waals surface area contributed by atoms with Gasteiger partial charge in [-0.2, -0.15) is 0 Å². The normalized spacial score (nSPS) is 15.4. The Morgan fingerprint density at radius 3 is 2.72 bits per heavy atom. The Bertz CT molecular complexity index is 579. The van der Waals surface area contributed by atoms with Crippen molar-refractivity contribution < 1.29 is 13.2 Å². The minimum atomic E-state index is -3.36. The lowest BCUT2D eigenvalue weighted by molar-refractivity contribution is -0.122. The SMILES string of the molecule is Cc1cnc(CNC(=O)C2CC2)nc1S(C)(=O)=O. The predicted molar refractivity (Wildman–Crippen MR) is 64.4 cm³/mol. The van der Waals surface area contributed by atoms with Gasteiger partial charge < -0.3 is 5.32 Å². The molecule has 2 rings (SSSR count). The maximum absolute atomic E-state index is 11.5. The van der Waals surface area contributed by atoms with Gasteiger partial charge in [-0.1, -0.05) is 0 Å². The second-order valence-electron chi connectivity index (χ2n) is 4.54. The zero-order valence-corrected chi connectivity index (χ0v) is 11.1. The van der Waals surface area contributed by atoms with Crippen LogP contribution in [-0.2, 0) is 21.2 Å². The number of rotatable bonds is 4. The third kappa shape index (κ3) is 3.04. The van der Waals surface area contributed by atoms with Crippen LogP contribution < -0.4 is 5.32 Å². The van der Waals surface area contributed by atoms with Crippen molar-refractivity contribution in [2.24, 2.45) is 5.92 Å². The van der Waals surface area contributed by atoms with Gasteiger partial charge in [-0.15, -0.1) is 0 Å². The smallest absolute Gasteiger partial charge is 0.223 e. The molecule has 1 aromatic rings. The molecular weight excluding hydrogens is 254 g/mol. The molecule has 0 radical (unpaired) electrons. The van der Waals surface area contributed by atoms with Gasteiger partial charge in [-0.3, -0.25) is 4.79 Å². The van der Waals surface area contributed by atoms with Gasteiger partial charge in [0.2, 0.25) is 5.91 Å². The maximum Gasteiger partial charge on any atom is 0.223 e. The summed E-state index contributed by atoms with van der Waals surface area (Å²) in [5.74, 6) is 0.417. The van der Waals surface area contributed by atoms with Crippen LogP contribution >= 0.6 is 0 Å². The van der Waals surface area contributed by atoms with Gasteiger partial charge in [-0.05, 0) is 19.8 Å². The van der Waals surface area contributed by atoms with Crippen molar-refractivity contribution in [3.8, 4) is 0 Å². The largest absolute Gasteiger partial charge is 0.349 e. The summed E-state index contributed by atoms with van der Waals surface area (Å²) in [4.78, 5) is 19.4. The molecular formula is C11H15N3O3S. The van der Waals surface area contributed by atoms with E-state index < -0.39 is 9.84 Å². The molecule has 7 heteroatoms. The summed E-state index contributed by atoms with van der Waals surface area (Å²) in [5.41, 5.74) is 0.509. The predicted octanol–water partition coefficient (Wildman–Crippen LogP) is 0.215. The molecule has 0 unspecified atom stereocenters. The Labute approximate surface area is 106 Å². The molecule has 0 bridgehead atoms. The van der Waals surface area contributed by atoms with Crippen molar-refractivity contribution in [2.75, 3.05) is 6.26 Å². The van der Waals surface area contributed by atoms with Crippen LogP contribution in [0.5, 0.6) is 0 Å². The minimum Gasteiger partial charge on any atom is -0.349 e. The molecule has 1 amide bonds. The van der Waals surface area contributed by atoms with Crippen molar-refractivity contribution in [1.82, 2.24) is 15.3 Å². The van der Waals surface area contributed by atoms with Gasteiger partial charge in [0.15, 0.2) is 14.9 Å². The number of hydrogen-bond donors (Lipinski definition) is 1. The van der Waals surface area contributed by atoms with Crippen LogP contribution in [0.2, 0.25) is 0 Å². The molecule has 1 N–H and O–H groups in total. The average molecular weight is 269 g/mol. The molecule has 0 spiro atoms. The Morgan fingerprint density at radius 2 is 2.17 bits per heavy atom. The molecule has 1 fully saturated rings. The average Bonchev–Trinajstić information content (AvgIpc) is 3.09. The lowest BCUT2D eigenvalue weighted by Crippen LogP contribution is -2.25. The lowest BCUT2D eigenvalue weighted by Gasteiger charge is -2.06.